The van der Waals surface area contributed by atoms with E-state index in [9.17, 15) is 4.79 Å². The minimum absolute atomic E-state index is 0.454. The second kappa shape index (κ2) is 6.71. The molecule has 1 saturated heterocycles. The number of benzene rings is 3. The van der Waals surface area contributed by atoms with Crippen LogP contribution in [-0.2, 0) is 6.42 Å². The summed E-state index contributed by atoms with van der Waals surface area (Å²) >= 11 is 0. The topological polar surface area (TPSA) is 41.6 Å². The minimum atomic E-state index is -0.454. The Bertz CT molecular complexity index is 1010. The second-order valence-corrected chi connectivity index (χ2v) is 7.38. The maximum atomic E-state index is 12.4. The third kappa shape index (κ3) is 3.17. The number of ether oxygens (including phenoxy) is 1. The molecule has 0 aliphatic carbocycles. The molecule has 3 aromatic rings. The van der Waals surface area contributed by atoms with Gasteiger partial charge in [-0.1, -0.05) is 36.4 Å². The maximum absolute atomic E-state index is 12.4. The van der Waals surface area contributed by atoms with E-state index in [-0.39, 0.29) is 0 Å². The van der Waals surface area contributed by atoms with Crippen molar-refractivity contribution in [2.45, 2.75) is 25.3 Å². The first-order chi connectivity index (χ1) is 13.3. The lowest BCUT2D eigenvalue weighted by molar-refractivity contribution is 0.215. The molecular formula is C23H22N2O2. The highest BCUT2D eigenvalue weighted by Crippen LogP contribution is 2.38. The van der Waals surface area contributed by atoms with Crippen LogP contribution >= 0.6 is 0 Å². The number of amides is 1. The first-order valence-electron chi connectivity index (χ1n) is 9.61. The fourth-order valence-corrected chi connectivity index (χ4v) is 4.40. The fourth-order valence-electron chi connectivity index (χ4n) is 4.40. The molecule has 2 aliphatic heterocycles. The van der Waals surface area contributed by atoms with Gasteiger partial charge in [0.15, 0.2) is 0 Å². The molecule has 1 N–H and O–H groups in total. The summed E-state index contributed by atoms with van der Waals surface area (Å²) in [6, 6.07) is 20.5. The number of nitrogens with zero attached hydrogens (tertiary/aromatic N) is 1. The molecule has 0 saturated carbocycles. The van der Waals surface area contributed by atoms with Crippen molar-refractivity contribution >= 4 is 22.6 Å². The smallest absolute Gasteiger partial charge is 0.410 e. The molecule has 0 radical (unpaired) electrons. The monoisotopic (exact) mass is 358 g/mol. The van der Waals surface area contributed by atoms with E-state index in [4.69, 9.17) is 4.74 Å². The molecule has 1 unspecified atom stereocenters. The van der Waals surface area contributed by atoms with Crippen LogP contribution in [-0.4, -0.2) is 24.1 Å². The molecule has 5 rings (SSSR count). The predicted octanol–water partition coefficient (Wildman–Crippen LogP) is 5.14. The molecule has 1 atom stereocenters. The third-order valence-corrected chi connectivity index (χ3v) is 5.71. The van der Waals surface area contributed by atoms with E-state index in [1.807, 2.05) is 48.5 Å². The first kappa shape index (κ1) is 16.3. The summed E-state index contributed by atoms with van der Waals surface area (Å²) in [6.45, 7) is 2.33. The van der Waals surface area contributed by atoms with Gasteiger partial charge in [0.2, 0.25) is 0 Å². The average Bonchev–Trinajstić information content (AvgIpc) is 3.17. The maximum Gasteiger partial charge on any atom is 0.417 e. The molecule has 2 aliphatic rings. The number of carbonyl (C=O) groups excluding carboxylic acids is 1. The van der Waals surface area contributed by atoms with Gasteiger partial charge in [0.05, 0.1) is 0 Å². The number of rotatable bonds is 2. The summed E-state index contributed by atoms with van der Waals surface area (Å²) in [4.78, 5) is 14.9. The molecule has 3 aromatic carbocycles. The zero-order valence-electron chi connectivity index (χ0n) is 15.2. The van der Waals surface area contributed by atoms with Gasteiger partial charge in [0, 0.05) is 18.3 Å². The molecule has 1 amide bonds. The zero-order valence-corrected chi connectivity index (χ0v) is 15.2. The van der Waals surface area contributed by atoms with Crippen molar-refractivity contribution in [2.24, 2.45) is 0 Å². The summed E-state index contributed by atoms with van der Waals surface area (Å²) in [5.74, 6) is 0.547. The van der Waals surface area contributed by atoms with Crippen LogP contribution in [0, 0.1) is 0 Å². The molecule has 1 fully saturated rings. The van der Waals surface area contributed by atoms with Crippen LogP contribution in [0.15, 0.2) is 60.7 Å². The van der Waals surface area contributed by atoms with Crippen molar-refractivity contribution in [1.82, 2.24) is 4.90 Å². The van der Waals surface area contributed by atoms with E-state index < -0.39 is 6.09 Å². The van der Waals surface area contributed by atoms with Crippen molar-refractivity contribution < 1.29 is 9.53 Å². The van der Waals surface area contributed by atoms with Crippen molar-refractivity contribution in [1.29, 1.82) is 0 Å². The van der Waals surface area contributed by atoms with Crippen LogP contribution in [0.2, 0.25) is 0 Å². The van der Waals surface area contributed by atoms with Crippen molar-refractivity contribution in [3.8, 4) is 5.75 Å². The van der Waals surface area contributed by atoms with Gasteiger partial charge in [-0.2, -0.15) is 0 Å². The summed E-state index contributed by atoms with van der Waals surface area (Å²) in [7, 11) is 0. The Hall–Kier alpha value is -2.85. The van der Waals surface area contributed by atoms with Crippen molar-refractivity contribution in [3.05, 3.63) is 71.8 Å². The molecule has 0 spiro atoms. The van der Waals surface area contributed by atoms with Crippen LogP contribution in [0.1, 0.15) is 30.0 Å². The van der Waals surface area contributed by atoms with Crippen LogP contribution in [0.25, 0.3) is 10.8 Å². The number of anilines is 1. The predicted molar refractivity (Wildman–Crippen MR) is 107 cm³/mol. The van der Waals surface area contributed by atoms with Gasteiger partial charge in [-0.05, 0) is 72.0 Å². The van der Waals surface area contributed by atoms with Gasteiger partial charge in [0.1, 0.15) is 5.75 Å². The second-order valence-electron chi connectivity index (χ2n) is 7.38. The van der Waals surface area contributed by atoms with Crippen molar-refractivity contribution in [2.75, 3.05) is 18.4 Å². The summed E-state index contributed by atoms with van der Waals surface area (Å²) in [5.41, 5.74) is 3.57. The van der Waals surface area contributed by atoms with Gasteiger partial charge in [0.25, 0.3) is 0 Å². The Kier molecular flexibility index (Phi) is 4.06. The molecule has 0 bridgehead atoms. The molecule has 136 valence electrons. The SMILES string of the molecule is O=C(Nc1ccc2c(c1)C1CCCN1CC2)Oc1ccc2ccccc2c1. The molecule has 4 heteroatoms. The van der Waals surface area contributed by atoms with Gasteiger partial charge >= 0.3 is 6.09 Å². The highest BCUT2D eigenvalue weighted by Gasteiger charge is 2.31. The van der Waals surface area contributed by atoms with E-state index >= 15 is 0 Å². The minimum Gasteiger partial charge on any atom is -0.410 e. The number of hydrogen-bond donors (Lipinski definition) is 1. The first-order valence-corrected chi connectivity index (χ1v) is 9.61. The van der Waals surface area contributed by atoms with E-state index in [1.54, 1.807) is 0 Å². The molecule has 27 heavy (non-hydrogen) atoms. The summed E-state index contributed by atoms with van der Waals surface area (Å²) in [5, 5.41) is 5.07. The Balaban J connectivity index is 1.32. The van der Waals surface area contributed by atoms with Gasteiger partial charge in [-0.3, -0.25) is 10.2 Å². The number of fused-ring (bicyclic) bond motifs is 4. The lowest BCUT2D eigenvalue weighted by Crippen LogP contribution is -2.31. The van der Waals surface area contributed by atoms with Gasteiger partial charge in [-0.25, -0.2) is 4.79 Å². The van der Waals surface area contributed by atoms with Gasteiger partial charge in [-0.15, -0.1) is 0 Å². The van der Waals surface area contributed by atoms with E-state index in [1.165, 1.54) is 30.5 Å². The summed E-state index contributed by atoms with van der Waals surface area (Å²) in [6.07, 6.45) is 3.10. The molecule has 4 nitrogen and oxygen atoms in total. The van der Waals surface area contributed by atoms with E-state index in [0.717, 1.165) is 29.4 Å². The average molecular weight is 358 g/mol. The number of hydrogen-bond acceptors (Lipinski definition) is 3. The molecule has 2 heterocycles. The molecular weight excluding hydrogens is 336 g/mol. The van der Waals surface area contributed by atoms with Crippen molar-refractivity contribution in [3.63, 3.8) is 0 Å². The summed E-state index contributed by atoms with van der Waals surface area (Å²) < 4.78 is 5.50. The Morgan fingerprint density at radius 2 is 1.89 bits per heavy atom. The number of nitrogens with one attached hydrogen (secondary N) is 1. The zero-order chi connectivity index (χ0) is 18.2. The largest absolute Gasteiger partial charge is 0.417 e. The quantitative estimate of drug-likeness (QED) is 0.689. The lowest BCUT2D eigenvalue weighted by Gasteiger charge is -2.32. The van der Waals surface area contributed by atoms with Crippen LogP contribution in [0.3, 0.4) is 0 Å². The Labute approximate surface area is 158 Å². The molecule has 0 aromatic heterocycles. The van der Waals surface area contributed by atoms with E-state index in [2.05, 4.69) is 22.3 Å². The third-order valence-electron chi connectivity index (χ3n) is 5.71. The standard InChI is InChI=1S/C23H22N2O2/c26-23(27-20-10-8-16-4-1-2-5-18(16)14-20)24-19-9-7-17-11-13-25-12-3-6-22(25)21(17)15-19/h1-2,4-5,7-10,14-15,22H,3,6,11-13H2,(H,24,26). The Morgan fingerprint density at radius 3 is 2.81 bits per heavy atom. The van der Waals surface area contributed by atoms with Crippen LogP contribution < -0.4 is 10.1 Å². The van der Waals surface area contributed by atoms with Crippen LogP contribution in [0.5, 0.6) is 5.75 Å². The van der Waals surface area contributed by atoms with Gasteiger partial charge < -0.3 is 4.74 Å². The highest BCUT2D eigenvalue weighted by molar-refractivity contribution is 5.88. The Morgan fingerprint density at radius 1 is 1.00 bits per heavy atom. The normalized spacial score (nSPS) is 18.7. The number of carbonyl (C=O) groups is 1. The van der Waals surface area contributed by atoms with Crippen LogP contribution in [0.4, 0.5) is 10.5 Å². The highest BCUT2D eigenvalue weighted by atomic mass is 16.6. The lowest BCUT2D eigenvalue weighted by atomic mass is 9.92. The van der Waals surface area contributed by atoms with E-state index in [0.29, 0.717) is 11.8 Å². The fraction of sp³-hybridized carbons (Fsp3) is 0.261.